The molecule has 2 atom stereocenters. The first-order valence-electron chi connectivity index (χ1n) is 13.5. The van der Waals surface area contributed by atoms with Crippen LogP contribution in [0.2, 0.25) is 0 Å². The summed E-state index contributed by atoms with van der Waals surface area (Å²) in [6.07, 6.45) is 0.725. The summed E-state index contributed by atoms with van der Waals surface area (Å²) in [6, 6.07) is 19.1. The second-order valence-electron chi connectivity index (χ2n) is 9.89. The summed E-state index contributed by atoms with van der Waals surface area (Å²) in [5.74, 6) is 0.287. The van der Waals surface area contributed by atoms with Gasteiger partial charge in [-0.05, 0) is 81.3 Å². The van der Waals surface area contributed by atoms with Crippen molar-refractivity contribution in [1.82, 2.24) is 10.2 Å². The summed E-state index contributed by atoms with van der Waals surface area (Å²) in [5, 5.41) is 2.93. The van der Waals surface area contributed by atoms with Gasteiger partial charge in [0.05, 0.1) is 24.8 Å². The number of ether oxygens (including phenoxy) is 2. The number of carbonyl (C=O) groups excluding carboxylic acids is 2. The zero-order valence-electron chi connectivity index (χ0n) is 24.5. The molecular formula is C31H39N3O6S. The van der Waals surface area contributed by atoms with Crippen molar-refractivity contribution in [3.63, 3.8) is 0 Å². The minimum absolute atomic E-state index is 0.0497. The Morgan fingerprint density at radius 2 is 1.54 bits per heavy atom. The molecule has 0 heterocycles. The van der Waals surface area contributed by atoms with Gasteiger partial charge in [-0.2, -0.15) is 0 Å². The molecule has 0 radical (unpaired) electrons. The van der Waals surface area contributed by atoms with Gasteiger partial charge in [0.1, 0.15) is 24.1 Å². The third-order valence-electron chi connectivity index (χ3n) is 6.90. The number of nitrogens with zero attached hydrogens (tertiary/aromatic N) is 2. The summed E-state index contributed by atoms with van der Waals surface area (Å²) < 4.78 is 39.5. The highest BCUT2D eigenvalue weighted by molar-refractivity contribution is 7.92. The third-order valence-corrected chi connectivity index (χ3v) is 8.69. The van der Waals surface area contributed by atoms with Gasteiger partial charge in [0.15, 0.2) is 0 Å². The molecule has 0 fully saturated rings. The standard InChI is InChI=1S/C31H39N3O6S/c1-7-23(3)32-31(36)24(4)33(20-25-9-8-10-28(19-25)40-6)30(35)21-34(26-13-15-27(39-5)16-14-26)41(37,38)29-17-11-22(2)12-18-29/h8-19,23-24H,7,20-21H2,1-6H3,(H,32,36)/t23-,24+/m0/s1. The third kappa shape index (κ3) is 8.00. The highest BCUT2D eigenvalue weighted by Crippen LogP contribution is 2.27. The lowest BCUT2D eigenvalue weighted by molar-refractivity contribution is -0.139. The quantitative estimate of drug-likeness (QED) is 0.318. The Bertz CT molecular complexity index is 1420. The normalized spacial score (nSPS) is 12.6. The molecule has 41 heavy (non-hydrogen) atoms. The second-order valence-corrected chi connectivity index (χ2v) is 11.8. The zero-order chi connectivity index (χ0) is 30.2. The van der Waals surface area contributed by atoms with Crippen LogP contribution in [0.3, 0.4) is 0 Å². The summed E-state index contributed by atoms with van der Waals surface area (Å²) in [5.41, 5.74) is 1.93. The molecule has 0 saturated heterocycles. The number of benzene rings is 3. The van der Waals surface area contributed by atoms with Gasteiger partial charge < -0.3 is 19.7 Å². The van der Waals surface area contributed by atoms with E-state index in [1.54, 1.807) is 68.6 Å². The van der Waals surface area contributed by atoms with Crippen LogP contribution in [0, 0.1) is 6.92 Å². The first-order valence-corrected chi connectivity index (χ1v) is 14.9. The molecule has 3 aromatic carbocycles. The summed E-state index contributed by atoms with van der Waals surface area (Å²) in [7, 11) is -1.08. The van der Waals surface area contributed by atoms with Crippen molar-refractivity contribution in [1.29, 1.82) is 0 Å². The van der Waals surface area contributed by atoms with Crippen LogP contribution in [0.1, 0.15) is 38.3 Å². The molecule has 3 aromatic rings. The van der Waals surface area contributed by atoms with E-state index in [2.05, 4.69) is 5.32 Å². The largest absolute Gasteiger partial charge is 0.497 e. The van der Waals surface area contributed by atoms with E-state index in [0.717, 1.165) is 21.9 Å². The number of hydrogen-bond donors (Lipinski definition) is 1. The number of aryl methyl sites for hydroxylation is 1. The highest BCUT2D eigenvalue weighted by atomic mass is 32.2. The lowest BCUT2D eigenvalue weighted by atomic mass is 10.1. The Kier molecular flexibility index (Phi) is 10.8. The molecule has 0 aliphatic rings. The van der Waals surface area contributed by atoms with E-state index in [4.69, 9.17) is 9.47 Å². The molecule has 10 heteroatoms. The van der Waals surface area contributed by atoms with Crippen molar-refractivity contribution in [3.05, 3.63) is 83.9 Å². The molecule has 0 aliphatic heterocycles. The van der Waals surface area contributed by atoms with Crippen LogP contribution in [-0.4, -0.2) is 58.0 Å². The predicted molar refractivity (Wildman–Crippen MR) is 160 cm³/mol. The van der Waals surface area contributed by atoms with Crippen molar-refractivity contribution in [3.8, 4) is 11.5 Å². The molecule has 0 saturated carbocycles. The van der Waals surface area contributed by atoms with Crippen LogP contribution in [0.4, 0.5) is 5.69 Å². The van der Waals surface area contributed by atoms with E-state index in [9.17, 15) is 18.0 Å². The van der Waals surface area contributed by atoms with Crippen molar-refractivity contribution in [2.24, 2.45) is 0 Å². The van der Waals surface area contributed by atoms with Gasteiger partial charge in [0.2, 0.25) is 11.8 Å². The number of sulfonamides is 1. The molecule has 0 aliphatic carbocycles. The fraction of sp³-hybridized carbons (Fsp3) is 0.355. The highest BCUT2D eigenvalue weighted by Gasteiger charge is 2.33. The Morgan fingerprint density at radius 1 is 0.902 bits per heavy atom. The fourth-order valence-corrected chi connectivity index (χ4v) is 5.54. The Hall–Kier alpha value is -4.05. The van der Waals surface area contributed by atoms with Crippen molar-refractivity contribution in [2.45, 2.75) is 57.6 Å². The average Bonchev–Trinajstić information content (AvgIpc) is 2.98. The summed E-state index contributed by atoms with van der Waals surface area (Å²) in [6.45, 7) is 6.90. The van der Waals surface area contributed by atoms with Crippen LogP contribution in [0.15, 0.2) is 77.7 Å². The summed E-state index contributed by atoms with van der Waals surface area (Å²) in [4.78, 5) is 28.6. The molecule has 0 unspecified atom stereocenters. The molecule has 9 nitrogen and oxygen atoms in total. The monoisotopic (exact) mass is 581 g/mol. The number of amides is 2. The van der Waals surface area contributed by atoms with E-state index >= 15 is 0 Å². The minimum Gasteiger partial charge on any atom is -0.497 e. The molecule has 0 spiro atoms. The first-order chi connectivity index (χ1) is 19.5. The van der Waals surface area contributed by atoms with Gasteiger partial charge in [-0.3, -0.25) is 13.9 Å². The van der Waals surface area contributed by atoms with E-state index in [0.29, 0.717) is 11.5 Å². The van der Waals surface area contributed by atoms with Crippen molar-refractivity contribution < 1.29 is 27.5 Å². The summed E-state index contributed by atoms with van der Waals surface area (Å²) >= 11 is 0. The average molecular weight is 582 g/mol. The molecule has 0 aromatic heterocycles. The SMILES string of the molecule is CC[C@H](C)NC(=O)[C@@H](C)N(Cc1cccc(OC)c1)C(=O)CN(c1ccc(OC)cc1)S(=O)(=O)c1ccc(C)cc1. The molecule has 0 bridgehead atoms. The topological polar surface area (TPSA) is 105 Å². The van der Waals surface area contributed by atoms with Crippen LogP contribution in [-0.2, 0) is 26.2 Å². The molecule has 3 rings (SSSR count). The maximum atomic E-state index is 14.0. The van der Waals surface area contributed by atoms with E-state index in [1.807, 2.05) is 26.8 Å². The van der Waals surface area contributed by atoms with Crippen molar-refractivity contribution in [2.75, 3.05) is 25.1 Å². The maximum Gasteiger partial charge on any atom is 0.264 e. The van der Waals surface area contributed by atoms with Crippen LogP contribution >= 0.6 is 0 Å². The van der Waals surface area contributed by atoms with Crippen molar-refractivity contribution >= 4 is 27.5 Å². The fourth-order valence-electron chi connectivity index (χ4n) is 4.13. The molecule has 1 N–H and O–H groups in total. The smallest absolute Gasteiger partial charge is 0.264 e. The molecule has 220 valence electrons. The van der Waals surface area contributed by atoms with Crippen LogP contribution in [0.5, 0.6) is 11.5 Å². The lowest BCUT2D eigenvalue weighted by Gasteiger charge is -2.32. The Labute approximate surface area is 243 Å². The Balaban J connectivity index is 2.04. The van der Waals surface area contributed by atoms with E-state index < -0.39 is 28.5 Å². The van der Waals surface area contributed by atoms with Crippen LogP contribution < -0.4 is 19.1 Å². The number of nitrogens with one attached hydrogen (secondary N) is 1. The van der Waals surface area contributed by atoms with Gasteiger partial charge in [0.25, 0.3) is 10.0 Å². The van der Waals surface area contributed by atoms with Gasteiger partial charge in [-0.25, -0.2) is 8.42 Å². The van der Waals surface area contributed by atoms with Gasteiger partial charge >= 0.3 is 0 Å². The van der Waals surface area contributed by atoms with Gasteiger partial charge in [-0.1, -0.05) is 36.8 Å². The number of methoxy groups -OCH3 is 2. The minimum atomic E-state index is -4.15. The first kappa shape index (κ1) is 31.5. The van der Waals surface area contributed by atoms with Crippen LogP contribution in [0.25, 0.3) is 0 Å². The predicted octanol–water partition coefficient (Wildman–Crippen LogP) is 4.54. The van der Waals surface area contributed by atoms with Gasteiger partial charge in [0, 0.05) is 12.6 Å². The lowest BCUT2D eigenvalue weighted by Crippen LogP contribution is -2.52. The second kappa shape index (κ2) is 14.0. The molecule has 2 amide bonds. The number of anilines is 1. The number of rotatable bonds is 13. The van der Waals surface area contributed by atoms with E-state index in [-0.39, 0.29) is 29.1 Å². The maximum absolute atomic E-state index is 14.0. The Morgan fingerprint density at radius 3 is 2.12 bits per heavy atom. The van der Waals surface area contributed by atoms with E-state index in [1.165, 1.54) is 24.1 Å². The van der Waals surface area contributed by atoms with Gasteiger partial charge in [-0.15, -0.1) is 0 Å². The zero-order valence-corrected chi connectivity index (χ0v) is 25.3. The molecular weight excluding hydrogens is 542 g/mol. The number of carbonyl (C=O) groups is 2. The number of hydrogen-bond acceptors (Lipinski definition) is 6.